The lowest BCUT2D eigenvalue weighted by Gasteiger charge is -2.11. The summed E-state index contributed by atoms with van der Waals surface area (Å²) in [5.41, 5.74) is 4.95. The molecule has 3 aromatic rings. The first kappa shape index (κ1) is 10.4. The summed E-state index contributed by atoms with van der Waals surface area (Å²) in [5, 5.41) is 3.24. The van der Waals surface area contributed by atoms with E-state index in [-0.39, 0.29) is 0 Å². The number of hydrogen-bond donors (Lipinski definition) is 1. The molecule has 2 aromatic heterocycles. The molecule has 0 amide bonds. The SMILES string of the molecule is Clc1cc2[nH]c3c(c2c2cccnc12)CCCC3. The number of aromatic nitrogens is 2. The van der Waals surface area contributed by atoms with Crippen LogP contribution < -0.4 is 0 Å². The third kappa shape index (κ3) is 1.33. The van der Waals surface area contributed by atoms with E-state index in [9.17, 15) is 0 Å². The standard InChI is InChI=1S/C15H13ClN2/c16-11-8-13-14(10-5-3-7-17-15(10)11)9-4-1-2-6-12(9)18-13/h3,5,7-8,18H,1-2,4,6H2. The molecule has 0 radical (unpaired) electrons. The minimum absolute atomic E-state index is 0.733. The maximum atomic E-state index is 6.32. The van der Waals surface area contributed by atoms with Gasteiger partial charge in [0.2, 0.25) is 0 Å². The van der Waals surface area contributed by atoms with Crippen molar-refractivity contribution < 1.29 is 0 Å². The minimum atomic E-state index is 0.733. The van der Waals surface area contributed by atoms with Crippen LogP contribution in [0.25, 0.3) is 21.8 Å². The Hall–Kier alpha value is -1.54. The first-order valence-electron chi connectivity index (χ1n) is 6.41. The maximum Gasteiger partial charge on any atom is 0.0895 e. The van der Waals surface area contributed by atoms with Crippen molar-refractivity contribution in [3.63, 3.8) is 0 Å². The zero-order valence-electron chi connectivity index (χ0n) is 9.96. The predicted octanol–water partition coefficient (Wildman–Crippen LogP) is 4.25. The van der Waals surface area contributed by atoms with Crippen molar-refractivity contribution in [2.75, 3.05) is 0 Å². The largest absolute Gasteiger partial charge is 0.358 e. The van der Waals surface area contributed by atoms with Crippen LogP contribution in [0, 0.1) is 0 Å². The van der Waals surface area contributed by atoms with Gasteiger partial charge in [-0.25, -0.2) is 0 Å². The maximum absolute atomic E-state index is 6.32. The molecule has 0 spiro atoms. The molecule has 1 N–H and O–H groups in total. The number of aryl methyl sites for hydroxylation is 2. The zero-order valence-corrected chi connectivity index (χ0v) is 10.7. The average Bonchev–Trinajstić information content (AvgIpc) is 2.77. The highest BCUT2D eigenvalue weighted by Crippen LogP contribution is 2.36. The Kier molecular flexibility index (Phi) is 2.15. The van der Waals surface area contributed by atoms with Crippen LogP contribution >= 0.6 is 11.6 Å². The number of halogens is 1. The van der Waals surface area contributed by atoms with Gasteiger partial charge in [0, 0.05) is 28.2 Å². The van der Waals surface area contributed by atoms with Crippen LogP contribution in [0.2, 0.25) is 5.02 Å². The lowest BCUT2D eigenvalue weighted by molar-refractivity contribution is 0.680. The molecule has 0 atom stereocenters. The molecule has 2 nitrogen and oxygen atoms in total. The summed E-state index contributed by atoms with van der Waals surface area (Å²) in [5.74, 6) is 0. The molecule has 2 heterocycles. The fourth-order valence-corrected chi connectivity index (χ4v) is 3.37. The molecule has 4 rings (SSSR count). The van der Waals surface area contributed by atoms with E-state index in [1.165, 1.54) is 41.3 Å². The molecule has 3 heteroatoms. The molecular formula is C15H13ClN2. The Balaban J connectivity index is 2.22. The predicted molar refractivity (Wildman–Crippen MR) is 75.3 cm³/mol. The topological polar surface area (TPSA) is 28.7 Å². The number of fused-ring (bicyclic) bond motifs is 5. The molecule has 1 aliphatic carbocycles. The third-order valence-electron chi connectivity index (χ3n) is 3.90. The number of hydrogen-bond acceptors (Lipinski definition) is 1. The minimum Gasteiger partial charge on any atom is -0.358 e. The van der Waals surface area contributed by atoms with Gasteiger partial charge in [-0.05, 0) is 43.4 Å². The molecule has 1 aliphatic rings. The van der Waals surface area contributed by atoms with Crippen LogP contribution in [0.5, 0.6) is 0 Å². The second-order valence-corrected chi connectivity index (χ2v) is 5.38. The van der Waals surface area contributed by atoms with Gasteiger partial charge in [-0.3, -0.25) is 4.98 Å². The van der Waals surface area contributed by atoms with Crippen LogP contribution in [0.1, 0.15) is 24.1 Å². The Morgan fingerprint density at radius 2 is 2.11 bits per heavy atom. The van der Waals surface area contributed by atoms with Gasteiger partial charge in [0.05, 0.1) is 10.5 Å². The summed E-state index contributed by atoms with van der Waals surface area (Å²) in [7, 11) is 0. The van der Waals surface area contributed by atoms with Gasteiger partial charge in [-0.15, -0.1) is 0 Å². The lowest BCUT2D eigenvalue weighted by atomic mass is 9.94. The Labute approximate surface area is 110 Å². The second-order valence-electron chi connectivity index (χ2n) is 4.97. The van der Waals surface area contributed by atoms with Gasteiger partial charge in [-0.1, -0.05) is 17.7 Å². The fourth-order valence-electron chi connectivity index (χ4n) is 3.12. The number of nitrogens with zero attached hydrogens (tertiary/aromatic N) is 1. The summed E-state index contributed by atoms with van der Waals surface area (Å²) in [6.45, 7) is 0. The summed E-state index contributed by atoms with van der Waals surface area (Å²) in [6, 6.07) is 6.13. The second kappa shape index (κ2) is 3.72. The van der Waals surface area contributed by atoms with E-state index >= 15 is 0 Å². The summed E-state index contributed by atoms with van der Waals surface area (Å²) >= 11 is 6.32. The van der Waals surface area contributed by atoms with Crippen LogP contribution in [0.15, 0.2) is 24.4 Å². The Bertz CT molecular complexity index is 758. The highest BCUT2D eigenvalue weighted by atomic mass is 35.5. The number of H-pyrrole nitrogens is 1. The van der Waals surface area contributed by atoms with Crippen molar-refractivity contribution in [2.45, 2.75) is 25.7 Å². The number of benzene rings is 1. The highest BCUT2D eigenvalue weighted by Gasteiger charge is 2.18. The smallest absolute Gasteiger partial charge is 0.0895 e. The quantitative estimate of drug-likeness (QED) is 0.640. The van der Waals surface area contributed by atoms with Gasteiger partial charge in [-0.2, -0.15) is 0 Å². The normalized spacial score (nSPS) is 15.2. The van der Waals surface area contributed by atoms with Crippen molar-refractivity contribution in [3.8, 4) is 0 Å². The monoisotopic (exact) mass is 256 g/mol. The van der Waals surface area contributed by atoms with E-state index in [0.29, 0.717) is 0 Å². The van der Waals surface area contributed by atoms with Gasteiger partial charge < -0.3 is 4.98 Å². The first-order valence-corrected chi connectivity index (χ1v) is 6.79. The van der Waals surface area contributed by atoms with Crippen LogP contribution in [0.3, 0.4) is 0 Å². The highest BCUT2D eigenvalue weighted by molar-refractivity contribution is 6.37. The lowest BCUT2D eigenvalue weighted by Crippen LogP contribution is -2.00. The van der Waals surface area contributed by atoms with E-state index < -0.39 is 0 Å². The molecule has 0 saturated heterocycles. The van der Waals surface area contributed by atoms with Crippen molar-refractivity contribution in [2.24, 2.45) is 0 Å². The number of aromatic amines is 1. The average molecular weight is 257 g/mol. The first-order chi connectivity index (χ1) is 8.84. The Morgan fingerprint density at radius 1 is 1.22 bits per heavy atom. The number of pyridine rings is 1. The molecule has 0 fully saturated rings. The molecule has 90 valence electrons. The van der Waals surface area contributed by atoms with Crippen molar-refractivity contribution >= 4 is 33.4 Å². The Morgan fingerprint density at radius 3 is 3.06 bits per heavy atom. The summed E-state index contributed by atoms with van der Waals surface area (Å²) in [4.78, 5) is 7.95. The van der Waals surface area contributed by atoms with Gasteiger partial charge >= 0.3 is 0 Å². The van der Waals surface area contributed by atoms with Crippen molar-refractivity contribution in [3.05, 3.63) is 40.7 Å². The van der Waals surface area contributed by atoms with Crippen molar-refractivity contribution in [1.82, 2.24) is 9.97 Å². The van der Waals surface area contributed by atoms with E-state index in [2.05, 4.69) is 16.0 Å². The van der Waals surface area contributed by atoms with Gasteiger partial charge in [0.1, 0.15) is 0 Å². The van der Waals surface area contributed by atoms with Crippen LogP contribution in [-0.4, -0.2) is 9.97 Å². The molecule has 0 saturated carbocycles. The summed E-state index contributed by atoms with van der Waals surface area (Å²) in [6.07, 6.45) is 6.69. The van der Waals surface area contributed by atoms with Gasteiger partial charge in [0.15, 0.2) is 0 Å². The number of nitrogens with one attached hydrogen (secondary N) is 1. The molecule has 0 aliphatic heterocycles. The van der Waals surface area contributed by atoms with Gasteiger partial charge in [0.25, 0.3) is 0 Å². The molecule has 1 aromatic carbocycles. The van der Waals surface area contributed by atoms with E-state index in [0.717, 1.165) is 22.5 Å². The molecular weight excluding hydrogens is 244 g/mol. The summed E-state index contributed by atoms with van der Waals surface area (Å²) < 4.78 is 0. The third-order valence-corrected chi connectivity index (χ3v) is 4.19. The molecule has 0 bridgehead atoms. The van der Waals surface area contributed by atoms with E-state index in [4.69, 9.17) is 11.6 Å². The van der Waals surface area contributed by atoms with E-state index in [1.54, 1.807) is 6.20 Å². The van der Waals surface area contributed by atoms with Crippen LogP contribution in [-0.2, 0) is 12.8 Å². The molecule has 0 unspecified atom stereocenters. The zero-order chi connectivity index (χ0) is 12.1. The molecule has 18 heavy (non-hydrogen) atoms. The van der Waals surface area contributed by atoms with Crippen molar-refractivity contribution in [1.29, 1.82) is 0 Å². The number of rotatable bonds is 0. The van der Waals surface area contributed by atoms with Crippen LogP contribution in [0.4, 0.5) is 0 Å². The van der Waals surface area contributed by atoms with E-state index in [1.807, 2.05) is 12.1 Å². The fraction of sp³-hybridized carbons (Fsp3) is 0.267.